The summed E-state index contributed by atoms with van der Waals surface area (Å²) in [5, 5.41) is 12.4. The minimum Gasteiger partial charge on any atom is -0.481 e. The Labute approximate surface area is 194 Å². The zero-order valence-electron chi connectivity index (χ0n) is 18.8. The van der Waals surface area contributed by atoms with E-state index in [4.69, 9.17) is 0 Å². The van der Waals surface area contributed by atoms with Crippen molar-refractivity contribution in [3.8, 4) is 11.1 Å². The lowest BCUT2D eigenvalue weighted by molar-refractivity contribution is -0.160. The molecule has 0 unspecified atom stereocenters. The summed E-state index contributed by atoms with van der Waals surface area (Å²) in [5.74, 6) is -2.07. The Balaban J connectivity index is 2.01. The topological polar surface area (TPSA) is 49.3 Å². The Morgan fingerprint density at radius 2 is 1.65 bits per heavy atom. The molecule has 2 aromatic rings. The minimum absolute atomic E-state index is 0.0714. The van der Waals surface area contributed by atoms with Crippen LogP contribution in [0.5, 0.6) is 0 Å². The third-order valence-electron chi connectivity index (χ3n) is 6.21. The van der Waals surface area contributed by atoms with E-state index in [2.05, 4.69) is 5.32 Å². The first-order valence-corrected chi connectivity index (χ1v) is 11.1. The predicted octanol–water partition coefficient (Wildman–Crippen LogP) is 6.98. The Hall–Kier alpha value is -2.55. The molecule has 0 saturated carbocycles. The van der Waals surface area contributed by atoms with Crippen LogP contribution in [0.25, 0.3) is 11.1 Å². The normalized spacial score (nSPS) is 20.4. The number of hydrogen-bond acceptors (Lipinski definition) is 2. The number of nitrogens with one attached hydrogen (secondary N) is 1. The molecule has 0 aliphatic carbocycles. The average molecular weight is 487 g/mol. The van der Waals surface area contributed by atoms with Crippen molar-refractivity contribution in [3.05, 3.63) is 59.2 Å². The van der Waals surface area contributed by atoms with Crippen molar-refractivity contribution in [2.24, 2.45) is 5.92 Å². The van der Waals surface area contributed by atoms with E-state index in [1.54, 1.807) is 18.2 Å². The largest absolute Gasteiger partial charge is 0.481 e. The molecule has 2 aromatic carbocycles. The molecule has 1 saturated heterocycles. The van der Waals surface area contributed by atoms with Crippen LogP contribution in [-0.2, 0) is 11.0 Å². The van der Waals surface area contributed by atoms with Gasteiger partial charge in [-0.1, -0.05) is 44.2 Å². The van der Waals surface area contributed by atoms with E-state index in [0.29, 0.717) is 28.7 Å². The van der Waals surface area contributed by atoms with Gasteiger partial charge in [0.25, 0.3) is 0 Å². The molecule has 3 rings (SSSR count). The molecule has 1 heterocycles. The molecule has 9 heteroatoms. The summed E-state index contributed by atoms with van der Waals surface area (Å²) in [6.07, 6.45) is -8.33. The lowest BCUT2D eigenvalue weighted by atomic mass is 9.82. The average Bonchev–Trinajstić information content (AvgIpc) is 2.76. The molecule has 0 aromatic heterocycles. The number of carboxylic acids is 1. The molecule has 3 atom stereocenters. The number of benzene rings is 2. The van der Waals surface area contributed by atoms with Crippen molar-refractivity contribution in [2.75, 3.05) is 6.54 Å². The number of alkyl halides is 6. The SMILES string of the molecule is CC(C)C[C@H](C(=O)O)c1cc(-c2ccc(C(F)(F)F)cc2)cc([C@H]2CC[C@@H](C(F)(F)F)NC2)c1. The zero-order chi connectivity index (χ0) is 25.3. The van der Waals surface area contributed by atoms with E-state index >= 15 is 0 Å². The van der Waals surface area contributed by atoms with Crippen LogP contribution in [0.2, 0.25) is 0 Å². The quantitative estimate of drug-likeness (QED) is 0.432. The van der Waals surface area contributed by atoms with Gasteiger partial charge in [-0.2, -0.15) is 26.3 Å². The van der Waals surface area contributed by atoms with Crippen LogP contribution in [0.1, 0.15) is 61.6 Å². The first-order valence-electron chi connectivity index (χ1n) is 11.1. The number of piperidine rings is 1. The van der Waals surface area contributed by atoms with Crippen molar-refractivity contribution in [1.82, 2.24) is 5.32 Å². The number of aliphatic carboxylic acids is 1. The molecule has 186 valence electrons. The highest BCUT2D eigenvalue weighted by Gasteiger charge is 2.41. The lowest BCUT2D eigenvalue weighted by Gasteiger charge is -2.32. The zero-order valence-corrected chi connectivity index (χ0v) is 18.8. The second kappa shape index (κ2) is 9.98. The molecular formula is C25H27F6NO2. The highest BCUT2D eigenvalue weighted by Crippen LogP contribution is 2.37. The number of hydrogen-bond donors (Lipinski definition) is 2. The highest BCUT2D eigenvalue weighted by atomic mass is 19.4. The Kier molecular flexibility index (Phi) is 7.65. The molecule has 1 aliphatic heterocycles. The summed E-state index contributed by atoms with van der Waals surface area (Å²) in [6.45, 7) is 3.85. The smallest absolute Gasteiger partial charge is 0.416 e. The van der Waals surface area contributed by atoms with Crippen LogP contribution in [0.4, 0.5) is 26.3 Å². The van der Waals surface area contributed by atoms with Crippen molar-refractivity contribution in [3.63, 3.8) is 0 Å². The summed E-state index contributed by atoms with van der Waals surface area (Å²) in [7, 11) is 0. The van der Waals surface area contributed by atoms with E-state index in [1.165, 1.54) is 12.1 Å². The third-order valence-corrected chi connectivity index (χ3v) is 6.21. The Bertz CT molecular complexity index is 990. The fourth-order valence-corrected chi connectivity index (χ4v) is 4.40. The van der Waals surface area contributed by atoms with Gasteiger partial charge in [-0.05, 0) is 65.5 Å². The van der Waals surface area contributed by atoms with Crippen LogP contribution in [0.15, 0.2) is 42.5 Å². The number of halogens is 6. The van der Waals surface area contributed by atoms with Crippen molar-refractivity contribution in [2.45, 2.75) is 63.3 Å². The maximum Gasteiger partial charge on any atom is 0.416 e. The summed E-state index contributed by atoms with van der Waals surface area (Å²) >= 11 is 0. The van der Waals surface area contributed by atoms with E-state index in [1.807, 2.05) is 13.8 Å². The third kappa shape index (κ3) is 6.31. The number of rotatable bonds is 6. The molecule has 0 spiro atoms. The standard InChI is InChI=1S/C25H27F6NO2/c1-14(2)9-21(23(33)34)19-11-17(15-3-6-20(7-4-15)24(26,27)28)10-18(12-19)16-5-8-22(32-13-16)25(29,30)31/h3-4,6-7,10-12,14,16,21-22,32H,5,8-9,13H2,1-2H3,(H,33,34)/t16-,21-,22-/m0/s1. The van der Waals surface area contributed by atoms with Crippen molar-refractivity contribution >= 4 is 5.97 Å². The second-order valence-corrected chi connectivity index (χ2v) is 9.26. The molecule has 2 N–H and O–H groups in total. The molecule has 1 fully saturated rings. The molecule has 0 bridgehead atoms. The van der Waals surface area contributed by atoms with Crippen LogP contribution in [0.3, 0.4) is 0 Å². The van der Waals surface area contributed by atoms with E-state index in [-0.39, 0.29) is 31.2 Å². The summed E-state index contributed by atoms with van der Waals surface area (Å²) in [5.41, 5.74) is 1.38. The summed E-state index contributed by atoms with van der Waals surface area (Å²) in [4.78, 5) is 12.0. The molecule has 34 heavy (non-hydrogen) atoms. The van der Waals surface area contributed by atoms with Gasteiger partial charge in [-0.15, -0.1) is 0 Å². The van der Waals surface area contributed by atoms with Crippen LogP contribution < -0.4 is 5.32 Å². The minimum atomic E-state index is -4.49. The molecule has 3 nitrogen and oxygen atoms in total. The monoisotopic (exact) mass is 487 g/mol. The highest BCUT2D eigenvalue weighted by molar-refractivity contribution is 5.77. The first kappa shape index (κ1) is 26.1. The van der Waals surface area contributed by atoms with E-state index in [0.717, 1.165) is 12.1 Å². The Morgan fingerprint density at radius 1 is 1.00 bits per heavy atom. The lowest BCUT2D eigenvalue weighted by Crippen LogP contribution is -2.47. The molecular weight excluding hydrogens is 460 g/mol. The van der Waals surface area contributed by atoms with Gasteiger partial charge in [-0.25, -0.2) is 0 Å². The van der Waals surface area contributed by atoms with E-state index < -0.39 is 35.8 Å². The fourth-order valence-electron chi connectivity index (χ4n) is 4.40. The maximum atomic E-state index is 13.0. The second-order valence-electron chi connectivity index (χ2n) is 9.26. The predicted molar refractivity (Wildman–Crippen MR) is 117 cm³/mol. The van der Waals surface area contributed by atoms with Crippen LogP contribution in [0, 0.1) is 5.92 Å². The molecule has 1 aliphatic rings. The van der Waals surface area contributed by atoms with Crippen molar-refractivity contribution in [1.29, 1.82) is 0 Å². The van der Waals surface area contributed by atoms with Gasteiger partial charge >= 0.3 is 18.3 Å². The van der Waals surface area contributed by atoms with Gasteiger partial charge in [0.1, 0.15) is 6.04 Å². The maximum absolute atomic E-state index is 13.0. The Morgan fingerprint density at radius 3 is 2.12 bits per heavy atom. The van der Waals surface area contributed by atoms with Gasteiger partial charge < -0.3 is 10.4 Å². The van der Waals surface area contributed by atoms with E-state index in [9.17, 15) is 36.2 Å². The van der Waals surface area contributed by atoms with Gasteiger partial charge in [0, 0.05) is 6.54 Å². The molecule has 0 radical (unpaired) electrons. The van der Waals surface area contributed by atoms with Gasteiger partial charge in [0.15, 0.2) is 0 Å². The van der Waals surface area contributed by atoms with Gasteiger partial charge in [0.2, 0.25) is 0 Å². The summed E-state index contributed by atoms with van der Waals surface area (Å²) < 4.78 is 78.1. The number of carbonyl (C=O) groups is 1. The van der Waals surface area contributed by atoms with Crippen LogP contribution >= 0.6 is 0 Å². The number of carboxylic acid groups (broad SMARTS) is 1. The van der Waals surface area contributed by atoms with Crippen molar-refractivity contribution < 1.29 is 36.2 Å². The molecule has 0 amide bonds. The summed E-state index contributed by atoms with van der Waals surface area (Å²) in [6, 6.07) is 8.08. The first-order chi connectivity index (χ1) is 15.8. The van der Waals surface area contributed by atoms with Gasteiger partial charge in [0.05, 0.1) is 11.5 Å². The van der Waals surface area contributed by atoms with Crippen LogP contribution in [-0.4, -0.2) is 29.8 Å². The fraction of sp³-hybridized carbons (Fsp3) is 0.480. The van der Waals surface area contributed by atoms with Gasteiger partial charge in [-0.3, -0.25) is 4.79 Å².